The third-order valence-electron chi connectivity index (χ3n) is 2.51. The van der Waals surface area contributed by atoms with E-state index in [1.54, 1.807) is 18.2 Å². The van der Waals surface area contributed by atoms with Crippen molar-refractivity contribution in [3.05, 3.63) is 53.3 Å². The van der Waals surface area contributed by atoms with Crippen LogP contribution in [0.2, 0.25) is 0 Å². The maximum absolute atomic E-state index is 10.9. The van der Waals surface area contributed by atoms with Gasteiger partial charge in [-0.25, -0.2) is 0 Å². The number of primary amides is 1. The van der Waals surface area contributed by atoms with Crippen molar-refractivity contribution in [2.75, 3.05) is 0 Å². The number of carbonyl (C=O) groups is 1. The van der Waals surface area contributed by atoms with Gasteiger partial charge >= 0.3 is 0 Å². The first-order chi connectivity index (χ1) is 9.58. The molecule has 0 unspecified atom stereocenters. The first-order valence-corrected chi connectivity index (χ1v) is 6.66. The second-order valence-corrected chi connectivity index (χ2v) is 5.18. The molecule has 2 rings (SSSR count). The fourth-order valence-corrected chi connectivity index (χ4v) is 2.27. The Bertz CT molecular complexity index is 693. The molecule has 0 fully saturated rings. The molecule has 1 amide bonds. The highest BCUT2D eigenvalue weighted by Crippen LogP contribution is 2.29. The minimum absolute atomic E-state index is 0.133. The molecule has 100 valence electrons. The smallest absolute Gasteiger partial charge is 0.259 e. The van der Waals surface area contributed by atoms with Crippen LogP contribution in [0.3, 0.4) is 0 Å². The van der Waals surface area contributed by atoms with E-state index < -0.39 is 5.91 Å². The van der Waals surface area contributed by atoms with Crippen LogP contribution in [-0.2, 0) is 4.79 Å². The molecule has 1 aromatic carbocycles. The monoisotopic (exact) mass is 284 g/mol. The van der Waals surface area contributed by atoms with Crippen molar-refractivity contribution in [1.82, 2.24) is 0 Å². The van der Waals surface area contributed by atoms with Gasteiger partial charge in [0.05, 0.1) is 0 Å². The Morgan fingerprint density at radius 2 is 2.00 bits per heavy atom. The minimum atomic E-state index is -0.767. The van der Waals surface area contributed by atoms with Gasteiger partial charge in [-0.1, -0.05) is 29.5 Å². The first-order valence-electron chi connectivity index (χ1n) is 5.84. The van der Waals surface area contributed by atoms with Gasteiger partial charge in [0.2, 0.25) is 0 Å². The highest BCUT2D eigenvalue weighted by atomic mass is 32.2. The fourth-order valence-electron chi connectivity index (χ4n) is 1.49. The summed E-state index contributed by atoms with van der Waals surface area (Å²) in [5.41, 5.74) is 6.12. The van der Waals surface area contributed by atoms with Crippen molar-refractivity contribution >= 4 is 23.7 Å². The zero-order valence-electron chi connectivity index (χ0n) is 10.8. The Hall–Kier alpha value is -2.45. The lowest BCUT2D eigenvalue weighted by atomic mass is 10.2. The number of amides is 1. The van der Waals surface area contributed by atoms with Crippen LogP contribution in [0.5, 0.6) is 0 Å². The lowest BCUT2D eigenvalue weighted by Crippen LogP contribution is -2.12. The van der Waals surface area contributed by atoms with E-state index in [2.05, 4.69) is 0 Å². The number of nitrogens with two attached hydrogens (primary N) is 1. The van der Waals surface area contributed by atoms with Gasteiger partial charge in [0.25, 0.3) is 5.91 Å². The second-order valence-electron chi connectivity index (χ2n) is 4.11. The van der Waals surface area contributed by atoms with Gasteiger partial charge in [-0.2, -0.15) is 5.26 Å². The molecule has 0 atom stereocenters. The summed E-state index contributed by atoms with van der Waals surface area (Å²) in [4.78, 5) is 12.0. The predicted molar refractivity (Wildman–Crippen MR) is 76.8 cm³/mol. The highest BCUT2D eigenvalue weighted by molar-refractivity contribution is 7.99. The van der Waals surface area contributed by atoms with E-state index in [4.69, 9.17) is 15.4 Å². The zero-order chi connectivity index (χ0) is 14.5. The molecule has 0 aliphatic rings. The minimum Gasteiger partial charge on any atom is -0.450 e. The third-order valence-corrected chi connectivity index (χ3v) is 3.44. The number of furan rings is 1. The lowest BCUT2D eigenvalue weighted by Gasteiger charge is -1.98. The molecule has 0 saturated carbocycles. The van der Waals surface area contributed by atoms with Gasteiger partial charge < -0.3 is 10.2 Å². The Balaban J connectivity index is 2.15. The largest absolute Gasteiger partial charge is 0.450 e. The van der Waals surface area contributed by atoms with Crippen LogP contribution in [0.1, 0.15) is 11.3 Å². The fraction of sp³-hybridized carbons (Fsp3) is 0.0667. The summed E-state index contributed by atoms with van der Waals surface area (Å²) in [6.45, 7) is 2.03. The van der Waals surface area contributed by atoms with Crippen LogP contribution in [0, 0.1) is 18.3 Å². The second kappa shape index (κ2) is 6.13. The summed E-state index contributed by atoms with van der Waals surface area (Å²) >= 11 is 1.47. The lowest BCUT2D eigenvalue weighted by molar-refractivity contribution is -0.114. The molecule has 0 aliphatic carbocycles. The van der Waals surface area contributed by atoms with Crippen molar-refractivity contribution in [3.8, 4) is 6.07 Å². The van der Waals surface area contributed by atoms with Crippen LogP contribution >= 0.6 is 11.8 Å². The summed E-state index contributed by atoms with van der Waals surface area (Å²) in [6.07, 6.45) is 1.33. The standard InChI is InChI=1S/C15H12N2O2S/c1-10-2-5-13(6-3-10)20-14-7-4-12(19-14)8-11(9-16)15(17)18/h2-8H,1H3,(H2,17,18)/b11-8+. The number of rotatable bonds is 4. The van der Waals surface area contributed by atoms with Gasteiger partial charge in [-0.15, -0.1) is 0 Å². The van der Waals surface area contributed by atoms with Gasteiger partial charge in [-0.3, -0.25) is 4.79 Å². The molecule has 5 heteroatoms. The van der Waals surface area contributed by atoms with Crippen molar-refractivity contribution in [3.63, 3.8) is 0 Å². The molecule has 0 aliphatic heterocycles. The number of hydrogen-bond acceptors (Lipinski definition) is 4. The molecular weight excluding hydrogens is 272 g/mol. The summed E-state index contributed by atoms with van der Waals surface area (Å²) in [5.74, 6) is -0.341. The Labute approximate surface area is 120 Å². The van der Waals surface area contributed by atoms with Gasteiger partial charge in [-0.05, 0) is 31.2 Å². The normalized spacial score (nSPS) is 11.1. The van der Waals surface area contributed by atoms with E-state index in [-0.39, 0.29) is 5.57 Å². The molecule has 2 N–H and O–H groups in total. The number of benzene rings is 1. The van der Waals surface area contributed by atoms with Crippen molar-refractivity contribution in [1.29, 1.82) is 5.26 Å². The molecule has 0 spiro atoms. The zero-order valence-corrected chi connectivity index (χ0v) is 11.6. The Kier molecular flexibility index (Phi) is 4.28. The molecule has 4 nitrogen and oxygen atoms in total. The molecule has 20 heavy (non-hydrogen) atoms. The predicted octanol–water partition coefficient (Wildman–Crippen LogP) is 3.13. The van der Waals surface area contributed by atoms with E-state index in [0.29, 0.717) is 10.9 Å². The number of nitriles is 1. The number of carbonyl (C=O) groups excluding carboxylic acids is 1. The molecule has 0 saturated heterocycles. The molecule has 0 radical (unpaired) electrons. The SMILES string of the molecule is Cc1ccc(Sc2ccc(/C=C(\C#N)C(N)=O)o2)cc1. The van der Waals surface area contributed by atoms with Crippen molar-refractivity contribution in [2.45, 2.75) is 16.9 Å². The van der Waals surface area contributed by atoms with E-state index in [1.165, 1.54) is 23.4 Å². The van der Waals surface area contributed by atoms with Gasteiger partial charge in [0.15, 0.2) is 5.09 Å². The van der Waals surface area contributed by atoms with Gasteiger partial charge in [0, 0.05) is 11.0 Å². The molecular formula is C15H12N2O2S. The van der Waals surface area contributed by atoms with E-state index >= 15 is 0 Å². The highest BCUT2D eigenvalue weighted by Gasteiger charge is 2.07. The van der Waals surface area contributed by atoms with E-state index in [1.807, 2.05) is 31.2 Å². The maximum Gasteiger partial charge on any atom is 0.259 e. The Morgan fingerprint density at radius 3 is 2.60 bits per heavy atom. The van der Waals surface area contributed by atoms with Crippen LogP contribution in [0.4, 0.5) is 0 Å². The topological polar surface area (TPSA) is 80.0 Å². The Morgan fingerprint density at radius 1 is 1.30 bits per heavy atom. The quantitative estimate of drug-likeness (QED) is 0.691. The average Bonchev–Trinajstić information content (AvgIpc) is 2.86. The summed E-state index contributed by atoms with van der Waals surface area (Å²) in [5, 5.41) is 9.44. The summed E-state index contributed by atoms with van der Waals surface area (Å²) < 4.78 is 5.53. The molecule has 1 heterocycles. The number of hydrogen-bond donors (Lipinski definition) is 1. The third kappa shape index (κ3) is 3.53. The van der Waals surface area contributed by atoms with Crippen LogP contribution in [-0.4, -0.2) is 5.91 Å². The van der Waals surface area contributed by atoms with Crippen molar-refractivity contribution in [2.24, 2.45) is 5.73 Å². The molecule has 0 bridgehead atoms. The maximum atomic E-state index is 10.9. The number of nitrogens with zero attached hydrogens (tertiary/aromatic N) is 1. The average molecular weight is 284 g/mol. The van der Waals surface area contributed by atoms with Crippen LogP contribution in [0.25, 0.3) is 6.08 Å². The van der Waals surface area contributed by atoms with Gasteiger partial charge in [0.1, 0.15) is 17.4 Å². The molecule has 1 aromatic heterocycles. The van der Waals surface area contributed by atoms with E-state index in [0.717, 1.165) is 4.90 Å². The van der Waals surface area contributed by atoms with Crippen molar-refractivity contribution < 1.29 is 9.21 Å². The van der Waals surface area contributed by atoms with Crippen LogP contribution < -0.4 is 5.73 Å². The summed E-state index contributed by atoms with van der Waals surface area (Å²) in [7, 11) is 0. The van der Waals surface area contributed by atoms with E-state index in [9.17, 15) is 4.79 Å². The summed E-state index contributed by atoms with van der Waals surface area (Å²) in [6, 6.07) is 13.3. The number of aryl methyl sites for hydroxylation is 1. The first kappa shape index (κ1) is 14.0. The molecule has 2 aromatic rings. The van der Waals surface area contributed by atoms with Crippen LogP contribution in [0.15, 0.2) is 56.4 Å².